The first-order valence-electron chi connectivity index (χ1n) is 6.02. The van der Waals surface area contributed by atoms with Crippen LogP contribution in [0.4, 0.5) is 8.78 Å². The number of nitrogens with two attached hydrogens (primary N) is 1. The largest absolute Gasteiger partial charge is 0.330 e. The molecule has 2 rings (SSSR count). The van der Waals surface area contributed by atoms with E-state index in [1.54, 1.807) is 0 Å². The van der Waals surface area contributed by atoms with Crippen molar-refractivity contribution >= 4 is 22.4 Å². The number of hydrogen-bond donors (Lipinski definition) is 1. The fourth-order valence-electron chi connectivity index (χ4n) is 2.18. The Labute approximate surface area is 123 Å². The van der Waals surface area contributed by atoms with Crippen LogP contribution in [-0.2, 0) is 10.0 Å². The third kappa shape index (κ3) is 3.11. The summed E-state index contributed by atoms with van der Waals surface area (Å²) in [5.74, 6) is -1.71. The van der Waals surface area contributed by atoms with E-state index in [9.17, 15) is 17.2 Å². The summed E-state index contributed by atoms with van der Waals surface area (Å²) < 4.78 is 52.7. The molecule has 1 aliphatic heterocycles. The number of benzene rings is 1. The number of hydrogen-bond acceptors (Lipinski definition) is 3. The van der Waals surface area contributed by atoms with Gasteiger partial charge in [0.05, 0.1) is 0 Å². The van der Waals surface area contributed by atoms with E-state index in [-0.39, 0.29) is 30.4 Å². The standard InChI is InChI=1S/C12H16F2N2O2S.ClH/c1-8-4-12(11(14)5-10(8)13)19(17,18)16-3-2-9(6-15)7-16;/h4-5,9H,2-3,6-7,15H2,1H3;1H. The Hall–Kier alpha value is -0.760. The molecule has 1 heterocycles. The van der Waals surface area contributed by atoms with Crippen molar-refractivity contribution in [1.82, 2.24) is 4.31 Å². The van der Waals surface area contributed by atoms with Crippen molar-refractivity contribution in [1.29, 1.82) is 0 Å². The minimum absolute atomic E-state index is 0. The van der Waals surface area contributed by atoms with Gasteiger partial charge >= 0.3 is 0 Å². The molecule has 0 spiro atoms. The zero-order chi connectivity index (χ0) is 14.2. The highest BCUT2D eigenvalue weighted by molar-refractivity contribution is 7.89. The highest BCUT2D eigenvalue weighted by Gasteiger charge is 2.34. The first kappa shape index (κ1) is 17.3. The molecule has 0 bridgehead atoms. The van der Waals surface area contributed by atoms with Crippen LogP contribution < -0.4 is 5.73 Å². The Balaban J connectivity index is 0.00000200. The van der Waals surface area contributed by atoms with Gasteiger partial charge in [-0.15, -0.1) is 12.4 Å². The van der Waals surface area contributed by atoms with Crippen molar-refractivity contribution in [2.24, 2.45) is 11.7 Å². The second-order valence-electron chi connectivity index (χ2n) is 4.79. The highest BCUT2D eigenvalue weighted by atomic mass is 35.5. The first-order chi connectivity index (χ1) is 8.86. The molecule has 2 N–H and O–H groups in total. The molecule has 0 amide bonds. The lowest BCUT2D eigenvalue weighted by molar-refractivity contribution is 0.452. The van der Waals surface area contributed by atoms with Gasteiger partial charge in [-0.05, 0) is 37.4 Å². The van der Waals surface area contributed by atoms with Crippen molar-refractivity contribution in [2.45, 2.75) is 18.2 Å². The van der Waals surface area contributed by atoms with Gasteiger partial charge in [-0.3, -0.25) is 0 Å². The number of aryl methyl sites for hydroxylation is 1. The minimum Gasteiger partial charge on any atom is -0.330 e. The Morgan fingerprint density at radius 2 is 2.00 bits per heavy atom. The van der Waals surface area contributed by atoms with E-state index in [2.05, 4.69) is 0 Å². The molecule has 0 aromatic heterocycles. The maximum Gasteiger partial charge on any atom is 0.246 e. The smallest absolute Gasteiger partial charge is 0.246 e. The summed E-state index contributed by atoms with van der Waals surface area (Å²) >= 11 is 0. The fraction of sp³-hybridized carbons (Fsp3) is 0.500. The lowest BCUT2D eigenvalue weighted by Crippen LogP contribution is -2.30. The Morgan fingerprint density at radius 3 is 2.55 bits per heavy atom. The van der Waals surface area contributed by atoms with Gasteiger partial charge in [-0.2, -0.15) is 4.31 Å². The summed E-state index contributed by atoms with van der Waals surface area (Å²) in [7, 11) is -3.92. The van der Waals surface area contributed by atoms with E-state index >= 15 is 0 Å². The van der Waals surface area contributed by atoms with Crippen molar-refractivity contribution in [2.75, 3.05) is 19.6 Å². The maximum atomic E-state index is 13.7. The van der Waals surface area contributed by atoms with E-state index < -0.39 is 26.6 Å². The second-order valence-corrected chi connectivity index (χ2v) is 6.69. The van der Waals surface area contributed by atoms with E-state index in [1.807, 2.05) is 0 Å². The topological polar surface area (TPSA) is 63.4 Å². The predicted octanol–water partition coefficient (Wildman–Crippen LogP) is 1.66. The van der Waals surface area contributed by atoms with Crippen LogP contribution in [0.15, 0.2) is 17.0 Å². The zero-order valence-corrected chi connectivity index (χ0v) is 12.6. The Bertz CT molecular complexity index is 595. The van der Waals surface area contributed by atoms with Crippen molar-refractivity contribution in [3.05, 3.63) is 29.3 Å². The van der Waals surface area contributed by atoms with E-state index in [0.29, 0.717) is 25.6 Å². The highest BCUT2D eigenvalue weighted by Crippen LogP contribution is 2.27. The zero-order valence-electron chi connectivity index (χ0n) is 11.0. The molecule has 1 fully saturated rings. The number of sulfonamides is 1. The predicted molar refractivity (Wildman–Crippen MR) is 74.3 cm³/mol. The molecular weight excluding hydrogens is 310 g/mol. The van der Waals surface area contributed by atoms with Crippen LogP contribution in [0.25, 0.3) is 0 Å². The molecule has 1 aromatic carbocycles. The molecule has 4 nitrogen and oxygen atoms in total. The molecule has 8 heteroatoms. The quantitative estimate of drug-likeness (QED) is 0.919. The average molecular weight is 327 g/mol. The minimum atomic E-state index is -3.92. The van der Waals surface area contributed by atoms with Crippen LogP contribution in [0.1, 0.15) is 12.0 Å². The molecule has 114 valence electrons. The van der Waals surface area contributed by atoms with Crippen LogP contribution in [0, 0.1) is 24.5 Å². The van der Waals surface area contributed by atoms with Crippen LogP contribution in [0.5, 0.6) is 0 Å². The molecule has 1 aromatic rings. The van der Waals surface area contributed by atoms with Crippen molar-refractivity contribution in [3.8, 4) is 0 Å². The van der Waals surface area contributed by atoms with Gasteiger partial charge in [-0.25, -0.2) is 17.2 Å². The normalized spacial score (nSPS) is 19.9. The second kappa shape index (κ2) is 6.34. The summed E-state index contributed by atoms with van der Waals surface area (Å²) in [5.41, 5.74) is 5.61. The first-order valence-corrected chi connectivity index (χ1v) is 7.46. The monoisotopic (exact) mass is 326 g/mol. The molecule has 1 aliphatic rings. The maximum absolute atomic E-state index is 13.7. The molecule has 0 radical (unpaired) electrons. The van der Waals surface area contributed by atoms with E-state index in [4.69, 9.17) is 5.73 Å². The van der Waals surface area contributed by atoms with Crippen LogP contribution in [0.3, 0.4) is 0 Å². The third-order valence-electron chi connectivity index (χ3n) is 3.41. The summed E-state index contributed by atoms with van der Waals surface area (Å²) in [6.45, 7) is 2.41. The Morgan fingerprint density at radius 1 is 1.35 bits per heavy atom. The summed E-state index contributed by atoms with van der Waals surface area (Å²) in [4.78, 5) is -0.468. The molecule has 1 saturated heterocycles. The van der Waals surface area contributed by atoms with Gasteiger partial charge in [0.25, 0.3) is 0 Å². The molecule has 1 unspecified atom stereocenters. The van der Waals surface area contributed by atoms with Crippen molar-refractivity contribution < 1.29 is 17.2 Å². The van der Waals surface area contributed by atoms with Gasteiger partial charge in [0, 0.05) is 19.2 Å². The summed E-state index contributed by atoms with van der Waals surface area (Å²) in [6, 6.07) is 1.65. The molecule has 1 atom stereocenters. The SMILES string of the molecule is Cc1cc(S(=O)(=O)N2CCC(CN)C2)c(F)cc1F.Cl. The Kier molecular flexibility index (Phi) is 5.48. The van der Waals surface area contributed by atoms with Gasteiger partial charge < -0.3 is 5.73 Å². The van der Waals surface area contributed by atoms with Crippen LogP contribution in [-0.4, -0.2) is 32.4 Å². The number of halogens is 3. The van der Waals surface area contributed by atoms with Crippen LogP contribution in [0.2, 0.25) is 0 Å². The lowest BCUT2D eigenvalue weighted by Gasteiger charge is -2.17. The molecule has 0 saturated carbocycles. The fourth-order valence-corrected chi connectivity index (χ4v) is 3.84. The lowest BCUT2D eigenvalue weighted by atomic mass is 10.1. The van der Waals surface area contributed by atoms with Crippen LogP contribution >= 0.6 is 12.4 Å². The summed E-state index contributed by atoms with van der Waals surface area (Å²) in [6.07, 6.45) is 0.664. The molecule has 0 aliphatic carbocycles. The van der Waals surface area contributed by atoms with Gasteiger partial charge in [-0.1, -0.05) is 0 Å². The van der Waals surface area contributed by atoms with Crippen molar-refractivity contribution in [3.63, 3.8) is 0 Å². The summed E-state index contributed by atoms with van der Waals surface area (Å²) in [5, 5.41) is 0. The van der Waals surface area contributed by atoms with Gasteiger partial charge in [0.2, 0.25) is 10.0 Å². The molecular formula is C12H17ClF2N2O2S. The van der Waals surface area contributed by atoms with E-state index in [0.717, 1.165) is 6.07 Å². The van der Waals surface area contributed by atoms with Gasteiger partial charge in [0.1, 0.15) is 16.5 Å². The third-order valence-corrected chi connectivity index (χ3v) is 5.29. The number of rotatable bonds is 3. The average Bonchev–Trinajstić information content (AvgIpc) is 2.83. The van der Waals surface area contributed by atoms with Gasteiger partial charge in [0.15, 0.2) is 0 Å². The number of nitrogens with zero attached hydrogens (tertiary/aromatic N) is 1. The molecule has 20 heavy (non-hydrogen) atoms. The van der Waals surface area contributed by atoms with E-state index in [1.165, 1.54) is 11.2 Å².